The van der Waals surface area contributed by atoms with Crippen LogP contribution in [0.5, 0.6) is 5.75 Å². The summed E-state index contributed by atoms with van der Waals surface area (Å²) < 4.78 is 5.59. The normalized spacial score (nSPS) is 13.5. The Hall–Kier alpha value is -0.410. The molecule has 0 radical (unpaired) electrons. The molecule has 1 rings (SSSR count). The van der Waals surface area contributed by atoms with Crippen LogP contribution in [0.15, 0.2) is 28.8 Å². The lowest BCUT2D eigenvalue weighted by molar-refractivity contribution is 0.354. The number of benzene rings is 1. The molecule has 1 atom stereocenters. The van der Waals surface area contributed by atoms with Crippen molar-refractivity contribution in [2.24, 2.45) is 5.73 Å². The number of halogens is 3. The summed E-state index contributed by atoms with van der Waals surface area (Å²) in [4.78, 5) is 0. The number of ether oxygens (including phenoxy) is 1. The maximum Gasteiger partial charge on any atom is 0.125 e. The van der Waals surface area contributed by atoms with Crippen LogP contribution >= 0.6 is 34.8 Å². The van der Waals surface area contributed by atoms with Crippen LogP contribution in [0.25, 0.3) is 0 Å². The highest BCUT2D eigenvalue weighted by molar-refractivity contribution is 6.36. The summed E-state index contributed by atoms with van der Waals surface area (Å²) in [7, 11) is 0. The van der Waals surface area contributed by atoms with E-state index < -0.39 is 0 Å². The first-order chi connectivity index (χ1) is 8.56. The van der Waals surface area contributed by atoms with E-state index in [1.165, 1.54) is 5.54 Å². The number of hydrogen-bond acceptors (Lipinski definition) is 2. The zero-order chi connectivity index (χ0) is 13.5. The summed E-state index contributed by atoms with van der Waals surface area (Å²) in [5, 5.41) is 1.11. The molecule has 0 aliphatic rings. The highest BCUT2D eigenvalue weighted by atomic mass is 35.5. The molecular weight excluding hydrogens is 293 g/mol. The molecule has 5 heteroatoms. The van der Waals surface area contributed by atoms with E-state index in [0.29, 0.717) is 16.5 Å². The second-order valence-electron chi connectivity index (χ2n) is 3.97. The van der Waals surface area contributed by atoms with Gasteiger partial charge in [0.15, 0.2) is 0 Å². The Bertz CT molecular complexity index is 421. The van der Waals surface area contributed by atoms with E-state index in [1.807, 2.05) is 19.1 Å². The summed E-state index contributed by atoms with van der Waals surface area (Å²) in [6, 6.07) is 5.55. The topological polar surface area (TPSA) is 35.2 Å². The minimum Gasteiger partial charge on any atom is -0.488 e. The van der Waals surface area contributed by atoms with Crippen LogP contribution in [-0.4, -0.2) is 12.6 Å². The van der Waals surface area contributed by atoms with Crippen LogP contribution in [0.1, 0.15) is 18.9 Å². The van der Waals surface area contributed by atoms with Crippen LogP contribution in [0.3, 0.4) is 0 Å². The van der Waals surface area contributed by atoms with Gasteiger partial charge < -0.3 is 10.5 Å². The fourth-order valence-corrected chi connectivity index (χ4v) is 1.77. The van der Waals surface area contributed by atoms with E-state index in [0.717, 1.165) is 17.7 Å². The van der Waals surface area contributed by atoms with Gasteiger partial charge >= 0.3 is 0 Å². The summed E-state index contributed by atoms with van der Waals surface area (Å²) in [5.74, 6) is 0.736. The molecule has 0 spiro atoms. The molecule has 0 aromatic heterocycles. The Morgan fingerprint density at radius 3 is 2.83 bits per heavy atom. The molecule has 0 saturated heterocycles. The minimum atomic E-state index is 0.0878. The maximum absolute atomic E-state index is 5.98. The third-order valence-electron chi connectivity index (χ3n) is 2.51. The van der Waals surface area contributed by atoms with Crippen LogP contribution < -0.4 is 10.5 Å². The van der Waals surface area contributed by atoms with Gasteiger partial charge in [-0.15, -0.1) is 0 Å². The zero-order valence-electron chi connectivity index (χ0n) is 10.1. The number of rotatable bonds is 6. The molecule has 2 nitrogen and oxygen atoms in total. The predicted molar refractivity (Wildman–Crippen MR) is 78.7 cm³/mol. The molecular formula is C13H16Cl3NO. The average molecular weight is 309 g/mol. The minimum absolute atomic E-state index is 0.0878. The van der Waals surface area contributed by atoms with E-state index in [9.17, 15) is 0 Å². The fourth-order valence-electron chi connectivity index (χ4n) is 1.45. The maximum atomic E-state index is 5.98. The van der Waals surface area contributed by atoms with Gasteiger partial charge in [-0.25, -0.2) is 0 Å². The Morgan fingerprint density at radius 2 is 2.22 bits per heavy atom. The largest absolute Gasteiger partial charge is 0.488 e. The van der Waals surface area contributed by atoms with Crippen molar-refractivity contribution in [2.75, 3.05) is 6.61 Å². The summed E-state index contributed by atoms with van der Waals surface area (Å²) in [5.41, 5.74) is 8.22. The van der Waals surface area contributed by atoms with Crippen molar-refractivity contribution in [3.63, 3.8) is 0 Å². The van der Waals surface area contributed by atoms with E-state index in [2.05, 4.69) is 0 Å². The van der Waals surface area contributed by atoms with Gasteiger partial charge in [-0.05, 0) is 36.6 Å². The van der Waals surface area contributed by atoms with E-state index in [1.54, 1.807) is 6.07 Å². The monoisotopic (exact) mass is 307 g/mol. The average Bonchev–Trinajstić information content (AvgIpc) is 2.37. The molecule has 1 aromatic carbocycles. The second kappa shape index (κ2) is 7.90. The Kier molecular flexibility index (Phi) is 6.87. The molecule has 1 aromatic rings. The highest BCUT2D eigenvalue weighted by Crippen LogP contribution is 2.25. The van der Waals surface area contributed by atoms with Crippen LogP contribution in [-0.2, 0) is 6.42 Å². The Morgan fingerprint density at radius 1 is 1.50 bits per heavy atom. The fraction of sp³-hybridized carbons (Fsp3) is 0.385. The van der Waals surface area contributed by atoms with Crippen LogP contribution in [0.2, 0.25) is 5.02 Å². The summed E-state index contributed by atoms with van der Waals surface area (Å²) in [6.45, 7) is 2.28. The van der Waals surface area contributed by atoms with Gasteiger partial charge in [0.2, 0.25) is 0 Å². The van der Waals surface area contributed by atoms with E-state index in [4.69, 9.17) is 45.3 Å². The SMILES string of the molecule is CCC(N)Cc1cc(Cl)ccc1OCC(Cl)=CCl. The molecule has 100 valence electrons. The van der Waals surface area contributed by atoms with Gasteiger partial charge in [0, 0.05) is 16.6 Å². The highest BCUT2D eigenvalue weighted by Gasteiger charge is 2.09. The van der Waals surface area contributed by atoms with E-state index >= 15 is 0 Å². The zero-order valence-corrected chi connectivity index (χ0v) is 12.4. The third-order valence-corrected chi connectivity index (χ3v) is 3.34. The van der Waals surface area contributed by atoms with Gasteiger partial charge in [-0.1, -0.05) is 41.7 Å². The number of hydrogen-bond donors (Lipinski definition) is 1. The van der Waals surface area contributed by atoms with Crippen molar-refractivity contribution in [3.05, 3.63) is 39.4 Å². The molecule has 18 heavy (non-hydrogen) atoms. The van der Waals surface area contributed by atoms with Gasteiger partial charge in [-0.3, -0.25) is 0 Å². The molecule has 0 heterocycles. The molecule has 0 aliphatic heterocycles. The van der Waals surface area contributed by atoms with Crippen molar-refractivity contribution in [2.45, 2.75) is 25.8 Å². The first-order valence-electron chi connectivity index (χ1n) is 5.68. The molecule has 2 N–H and O–H groups in total. The smallest absolute Gasteiger partial charge is 0.125 e. The van der Waals surface area contributed by atoms with Crippen molar-refractivity contribution >= 4 is 34.8 Å². The van der Waals surface area contributed by atoms with Gasteiger partial charge in [0.25, 0.3) is 0 Å². The van der Waals surface area contributed by atoms with Gasteiger partial charge in [0.1, 0.15) is 12.4 Å². The first kappa shape index (κ1) is 15.6. The lowest BCUT2D eigenvalue weighted by atomic mass is 10.0. The quantitative estimate of drug-likeness (QED) is 0.849. The van der Waals surface area contributed by atoms with Crippen molar-refractivity contribution in [1.29, 1.82) is 0 Å². The molecule has 0 saturated carbocycles. The second-order valence-corrected chi connectivity index (χ2v) is 5.11. The summed E-state index contributed by atoms with van der Waals surface area (Å²) >= 11 is 17.2. The standard InChI is InChI=1S/C13H16Cl3NO/c1-2-12(17)6-9-5-10(15)3-4-13(9)18-8-11(16)7-14/h3-5,7,12H,2,6,8,17H2,1H3. The third kappa shape index (κ3) is 5.07. The van der Waals surface area contributed by atoms with Crippen molar-refractivity contribution in [3.8, 4) is 5.75 Å². The molecule has 0 aliphatic carbocycles. The summed E-state index contributed by atoms with van der Waals surface area (Å²) in [6.07, 6.45) is 1.61. The molecule has 0 fully saturated rings. The van der Waals surface area contributed by atoms with Gasteiger partial charge in [-0.2, -0.15) is 0 Å². The van der Waals surface area contributed by atoms with Crippen LogP contribution in [0, 0.1) is 0 Å². The lowest BCUT2D eigenvalue weighted by Crippen LogP contribution is -2.21. The number of nitrogens with two attached hydrogens (primary N) is 1. The Labute approximate surface area is 123 Å². The van der Waals surface area contributed by atoms with Crippen molar-refractivity contribution in [1.82, 2.24) is 0 Å². The molecule has 0 amide bonds. The first-order valence-corrected chi connectivity index (χ1v) is 6.87. The van der Waals surface area contributed by atoms with E-state index in [-0.39, 0.29) is 12.6 Å². The Balaban J connectivity index is 2.82. The van der Waals surface area contributed by atoms with Crippen molar-refractivity contribution < 1.29 is 4.74 Å². The van der Waals surface area contributed by atoms with Crippen LogP contribution in [0.4, 0.5) is 0 Å². The molecule has 1 unspecified atom stereocenters. The van der Waals surface area contributed by atoms with Gasteiger partial charge in [0.05, 0.1) is 5.03 Å². The lowest BCUT2D eigenvalue weighted by Gasteiger charge is -2.14. The predicted octanol–water partition coefficient (Wildman–Crippen LogP) is 4.32. The molecule has 0 bridgehead atoms.